The van der Waals surface area contributed by atoms with E-state index in [0.29, 0.717) is 0 Å². The van der Waals surface area contributed by atoms with Crippen LogP contribution in [-0.4, -0.2) is 24.5 Å². The van der Waals surface area contributed by atoms with Gasteiger partial charge in [0.25, 0.3) is 0 Å². The fraction of sp³-hybridized carbons (Fsp3) is 0.556. The number of fused-ring (bicyclic) bond motifs is 1. The molecule has 2 N–H and O–H groups in total. The topological polar surface area (TPSA) is 42.4 Å². The monoisotopic (exact) mass is 286 g/mol. The molecule has 21 heavy (non-hydrogen) atoms. The number of nitrogens with zero attached hydrogens (tertiary/aromatic N) is 1. The predicted octanol–water partition coefficient (Wildman–Crippen LogP) is 3.94. The highest BCUT2D eigenvalue weighted by molar-refractivity contribution is 5.77. The first-order valence-corrected chi connectivity index (χ1v) is 8.22. The third-order valence-corrected chi connectivity index (χ3v) is 4.78. The lowest BCUT2D eigenvalue weighted by Crippen LogP contribution is -2.33. The fourth-order valence-corrected chi connectivity index (χ4v) is 3.37. The van der Waals surface area contributed by atoms with Gasteiger partial charge in [0.15, 0.2) is 0 Å². The van der Waals surface area contributed by atoms with Gasteiger partial charge in [-0.05, 0) is 50.4 Å². The zero-order valence-electron chi connectivity index (χ0n) is 12.9. The van der Waals surface area contributed by atoms with Crippen molar-refractivity contribution in [1.82, 2.24) is 4.90 Å². The van der Waals surface area contributed by atoms with E-state index < -0.39 is 0 Å². The summed E-state index contributed by atoms with van der Waals surface area (Å²) in [4.78, 5) is 2.51. The van der Waals surface area contributed by atoms with Crippen LogP contribution in [0.2, 0.25) is 0 Å². The van der Waals surface area contributed by atoms with E-state index in [1.807, 2.05) is 18.2 Å². The maximum absolute atomic E-state index is 6.37. The first-order valence-electron chi connectivity index (χ1n) is 8.22. The number of furan rings is 1. The van der Waals surface area contributed by atoms with Gasteiger partial charge in [-0.2, -0.15) is 0 Å². The largest absolute Gasteiger partial charge is 0.459 e. The lowest BCUT2D eigenvalue weighted by molar-refractivity contribution is 0.254. The summed E-state index contributed by atoms with van der Waals surface area (Å²) in [5, 5.41) is 1.14. The molecule has 2 unspecified atom stereocenters. The van der Waals surface area contributed by atoms with Crippen molar-refractivity contribution in [2.45, 2.75) is 38.6 Å². The molecule has 1 fully saturated rings. The van der Waals surface area contributed by atoms with E-state index in [4.69, 9.17) is 10.2 Å². The van der Waals surface area contributed by atoms with E-state index >= 15 is 0 Å². The Labute approximate surface area is 127 Å². The summed E-state index contributed by atoms with van der Waals surface area (Å²) < 4.78 is 5.89. The van der Waals surface area contributed by atoms with E-state index in [2.05, 4.69) is 24.0 Å². The van der Waals surface area contributed by atoms with E-state index in [1.165, 1.54) is 38.8 Å². The molecule has 1 aliphatic heterocycles. The average Bonchev–Trinajstić information content (AvgIpc) is 2.81. The Kier molecular flexibility index (Phi) is 4.61. The van der Waals surface area contributed by atoms with E-state index in [-0.39, 0.29) is 6.04 Å². The minimum absolute atomic E-state index is 0.0319. The minimum Gasteiger partial charge on any atom is -0.459 e. The molecule has 3 heteroatoms. The minimum atomic E-state index is -0.0319. The van der Waals surface area contributed by atoms with Crippen molar-refractivity contribution in [2.75, 3.05) is 19.6 Å². The van der Waals surface area contributed by atoms with Crippen LogP contribution in [0.25, 0.3) is 11.0 Å². The predicted molar refractivity (Wildman–Crippen MR) is 87.2 cm³/mol. The zero-order valence-corrected chi connectivity index (χ0v) is 12.9. The van der Waals surface area contributed by atoms with Gasteiger partial charge < -0.3 is 15.1 Å². The summed E-state index contributed by atoms with van der Waals surface area (Å²) in [6.45, 7) is 5.55. The van der Waals surface area contributed by atoms with Crippen molar-refractivity contribution in [3.05, 3.63) is 36.1 Å². The van der Waals surface area contributed by atoms with Gasteiger partial charge >= 0.3 is 0 Å². The number of hydrogen-bond acceptors (Lipinski definition) is 3. The Morgan fingerprint density at radius 3 is 2.95 bits per heavy atom. The van der Waals surface area contributed by atoms with Crippen LogP contribution in [0.4, 0.5) is 0 Å². The Balaban J connectivity index is 1.64. The van der Waals surface area contributed by atoms with Crippen molar-refractivity contribution >= 4 is 11.0 Å². The summed E-state index contributed by atoms with van der Waals surface area (Å²) >= 11 is 0. The van der Waals surface area contributed by atoms with Gasteiger partial charge in [-0.3, -0.25) is 0 Å². The van der Waals surface area contributed by atoms with Gasteiger partial charge in [-0.25, -0.2) is 0 Å². The highest BCUT2D eigenvalue weighted by Gasteiger charge is 2.20. The molecule has 2 heterocycles. The van der Waals surface area contributed by atoms with Gasteiger partial charge in [-0.15, -0.1) is 0 Å². The van der Waals surface area contributed by atoms with Crippen LogP contribution in [0.3, 0.4) is 0 Å². The molecule has 0 saturated carbocycles. The van der Waals surface area contributed by atoms with Crippen LogP contribution < -0.4 is 5.73 Å². The third kappa shape index (κ3) is 3.47. The van der Waals surface area contributed by atoms with Crippen LogP contribution in [0.1, 0.15) is 44.4 Å². The molecule has 0 bridgehead atoms. The number of likely N-dealkylation sites (tertiary alicyclic amines) is 1. The lowest BCUT2D eigenvalue weighted by Gasteiger charge is -2.23. The number of hydrogen-bond donors (Lipinski definition) is 1. The molecule has 0 aliphatic carbocycles. The Hall–Kier alpha value is -1.32. The number of rotatable bonds is 4. The van der Waals surface area contributed by atoms with Crippen molar-refractivity contribution in [3.63, 3.8) is 0 Å². The van der Waals surface area contributed by atoms with Crippen LogP contribution in [0.5, 0.6) is 0 Å². The van der Waals surface area contributed by atoms with Gasteiger partial charge in [0, 0.05) is 11.9 Å². The molecular formula is C18H26N2O. The number of para-hydroxylation sites is 1. The van der Waals surface area contributed by atoms with Gasteiger partial charge in [0.05, 0.1) is 6.04 Å². The molecule has 0 radical (unpaired) electrons. The summed E-state index contributed by atoms with van der Waals surface area (Å²) in [7, 11) is 0. The van der Waals surface area contributed by atoms with Gasteiger partial charge in [-0.1, -0.05) is 31.5 Å². The second kappa shape index (κ2) is 6.63. The van der Waals surface area contributed by atoms with Crippen molar-refractivity contribution in [3.8, 4) is 0 Å². The highest BCUT2D eigenvalue weighted by atomic mass is 16.3. The molecule has 2 atom stereocenters. The Bertz CT molecular complexity index is 544. The maximum Gasteiger partial charge on any atom is 0.134 e. The van der Waals surface area contributed by atoms with Crippen LogP contribution in [-0.2, 0) is 0 Å². The molecule has 3 rings (SSSR count). The molecule has 114 valence electrons. The fourth-order valence-electron chi connectivity index (χ4n) is 3.37. The normalized spacial score (nSPS) is 22.3. The van der Waals surface area contributed by atoms with Crippen LogP contribution in [0, 0.1) is 5.92 Å². The van der Waals surface area contributed by atoms with Crippen molar-refractivity contribution in [1.29, 1.82) is 0 Å². The van der Waals surface area contributed by atoms with E-state index in [1.54, 1.807) is 0 Å². The molecule has 0 spiro atoms. The Morgan fingerprint density at radius 2 is 2.14 bits per heavy atom. The second-order valence-electron chi connectivity index (χ2n) is 6.30. The quantitative estimate of drug-likeness (QED) is 0.925. The summed E-state index contributed by atoms with van der Waals surface area (Å²) in [6, 6.07) is 10.2. The van der Waals surface area contributed by atoms with Crippen LogP contribution >= 0.6 is 0 Å². The lowest BCUT2D eigenvalue weighted by atomic mass is 9.98. The molecular weight excluding hydrogens is 260 g/mol. The molecule has 2 aromatic rings. The maximum atomic E-state index is 6.37. The smallest absolute Gasteiger partial charge is 0.134 e. The zero-order chi connectivity index (χ0) is 14.7. The molecule has 1 aromatic carbocycles. The molecule has 1 aliphatic rings. The van der Waals surface area contributed by atoms with E-state index in [0.717, 1.165) is 29.2 Å². The summed E-state index contributed by atoms with van der Waals surface area (Å²) in [5.74, 6) is 1.81. The van der Waals surface area contributed by atoms with Crippen molar-refractivity contribution in [2.24, 2.45) is 11.7 Å². The molecule has 0 amide bonds. The number of nitrogens with two attached hydrogens (primary N) is 1. The first kappa shape index (κ1) is 14.6. The second-order valence-corrected chi connectivity index (χ2v) is 6.30. The van der Waals surface area contributed by atoms with E-state index in [9.17, 15) is 0 Å². The van der Waals surface area contributed by atoms with Crippen molar-refractivity contribution < 1.29 is 4.42 Å². The summed E-state index contributed by atoms with van der Waals surface area (Å²) in [5.41, 5.74) is 7.31. The first-order chi connectivity index (χ1) is 10.3. The van der Waals surface area contributed by atoms with Gasteiger partial charge in [0.1, 0.15) is 11.3 Å². The van der Waals surface area contributed by atoms with Crippen LogP contribution in [0.15, 0.2) is 34.7 Å². The SMILES string of the molecule is CCC1CCCN(CC(N)c2cc3ccccc3o2)CC1. The molecule has 1 aromatic heterocycles. The average molecular weight is 286 g/mol. The van der Waals surface area contributed by atoms with Gasteiger partial charge in [0.2, 0.25) is 0 Å². The standard InChI is InChI=1S/C18H26N2O/c1-2-14-6-5-10-20(11-9-14)13-16(19)18-12-15-7-3-4-8-17(15)21-18/h3-4,7-8,12,14,16H,2,5-6,9-11,13,19H2,1H3. The molecule has 3 nitrogen and oxygen atoms in total. The summed E-state index contributed by atoms with van der Waals surface area (Å²) in [6.07, 6.45) is 5.28. The molecule has 1 saturated heterocycles. The number of benzene rings is 1. The Morgan fingerprint density at radius 1 is 1.29 bits per heavy atom. The highest BCUT2D eigenvalue weighted by Crippen LogP contribution is 2.25. The third-order valence-electron chi connectivity index (χ3n) is 4.78.